The summed E-state index contributed by atoms with van der Waals surface area (Å²) in [6.07, 6.45) is 0. The van der Waals surface area contributed by atoms with Crippen LogP contribution in [0.5, 0.6) is 6.01 Å². The largest absolute Gasteiger partial charge is 0.464 e. The molecule has 0 spiro atoms. The lowest BCUT2D eigenvalue weighted by atomic mass is 10.2. The maximum absolute atomic E-state index is 11.3. The van der Waals surface area contributed by atoms with Crippen molar-refractivity contribution < 1.29 is 9.66 Å². The number of pyridine rings is 1. The Morgan fingerprint density at radius 1 is 1.42 bits per heavy atom. The number of aryl methyl sites for hydroxylation is 1. The smallest absolute Gasteiger partial charge is 0.332 e. The molecular formula is C14H13ClN6O3. The number of anilines is 1. The molecule has 2 aromatic heterocycles. The van der Waals surface area contributed by atoms with E-state index in [1.165, 1.54) is 13.0 Å². The lowest BCUT2D eigenvalue weighted by Crippen LogP contribution is -2.10. The number of nitrogens with one attached hydrogen (secondary N) is 1. The molecule has 0 radical (unpaired) electrons. The first-order valence-corrected chi connectivity index (χ1v) is 7.29. The van der Waals surface area contributed by atoms with E-state index in [0.717, 1.165) is 0 Å². The third-order valence-corrected chi connectivity index (χ3v) is 3.20. The number of rotatable bonds is 6. The van der Waals surface area contributed by atoms with Gasteiger partial charge in [0.1, 0.15) is 22.6 Å². The quantitative estimate of drug-likeness (QED) is 0.479. The van der Waals surface area contributed by atoms with Gasteiger partial charge in [0.15, 0.2) is 0 Å². The molecule has 124 valence electrons. The van der Waals surface area contributed by atoms with Crippen molar-refractivity contribution in [2.75, 3.05) is 11.9 Å². The second-order valence-corrected chi connectivity index (χ2v) is 4.97. The molecule has 2 heterocycles. The van der Waals surface area contributed by atoms with Crippen LogP contribution in [0.4, 0.5) is 11.5 Å². The SMILES string of the molecule is CCOc1nc(C)c([N+](=O)[O-])c(NCc2ccc(Cl)nc2C#N)n1. The summed E-state index contributed by atoms with van der Waals surface area (Å²) in [5.41, 5.74) is 0.591. The highest BCUT2D eigenvalue weighted by molar-refractivity contribution is 6.29. The molecule has 0 aromatic carbocycles. The summed E-state index contributed by atoms with van der Waals surface area (Å²) in [4.78, 5) is 22.5. The molecule has 0 atom stereocenters. The topological polar surface area (TPSA) is 127 Å². The van der Waals surface area contributed by atoms with Crippen molar-refractivity contribution >= 4 is 23.1 Å². The lowest BCUT2D eigenvalue weighted by Gasteiger charge is -2.10. The lowest BCUT2D eigenvalue weighted by molar-refractivity contribution is -0.385. The molecular weight excluding hydrogens is 336 g/mol. The van der Waals surface area contributed by atoms with E-state index >= 15 is 0 Å². The molecule has 0 fully saturated rings. The zero-order valence-electron chi connectivity index (χ0n) is 12.9. The molecule has 24 heavy (non-hydrogen) atoms. The predicted molar refractivity (Wildman–Crippen MR) is 85.9 cm³/mol. The van der Waals surface area contributed by atoms with Crippen LogP contribution in [0.25, 0.3) is 0 Å². The normalized spacial score (nSPS) is 10.1. The van der Waals surface area contributed by atoms with Gasteiger partial charge in [0.2, 0.25) is 5.82 Å². The molecule has 0 saturated carbocycles. The van der Waals surface area contributed by atoms with Crippen molar-refractivity contribution in [3.63, 3.8) is 0 Å². The fraction of sp³-hybridized carbons (Fsp3) is 0.286. The van der Waals surface area contributed by atoms with Gasteiger partial charge in [-0.2, -0.15) is 15.2 Å². The molecule has 1 N–H and O–H groups in total. The fourth-order valence-electron chi connectivity index (χ4n) is 1.96. The van der Waals surface area contributed by atoms with E-state index < -0.39 is 4.92 Å². The minimum Gasteiger partial charge on any atom is -0.464 e. The predicted octanol–water partition coefficient (Wildman–Crippen LogP) is 2.62. The van der Waals surface area contributed by atoms with Gasteiger partial charge in [-0.05, 0) is 19.9 Å². The van der Waals surface area contributed by atoms with Crippen LogP contribution < -0.4 is 10.1 Å². The highest BCUT2D eigenvalue weighted by Gasteiger charge is 2.22. The molecule has 9 nitrogen and oxygen atoms in total. The van der Waals surface area contributed by atoms with Crippen molar-refractivity contribution in [1.82, 2.24) is 15.0 Å². The van der Waals surface area contributed by atoms with Crippen LogP contribution >= 0.6 is 11.6 Å². The third kappa shape index (κ3) is 3.85. The monoisotopic (exact) mass is 348 g/mol. The number of hydrogen-bond acceptors (Lipinski definition) is 8. The number of hydrogen-bond donors (Lipinski definition) is 1. The molecule has 2 aromatic rings. The maximum Gasteiger partial charge on any atom is 0.332 e. The van der Waals surface area contributed by atoms with E-state index in [1.54, 1.807) is 13.0 Å². The van der Waals surface area contributed by atoms with Crippen molar-refractivity contribution in [2.45, 2.75) is 20.4 Å². The van der Waals surface area contributed by atoms with Gasteiger partial charge in [-0.25, -0.2) is 4.98 Å². The van der Waals surface area contributed by atoms with Gasteiger partial charge < -0.3 is 10.1 Å². The first-order chi connectivity index (χ1) is 11.5. The summed E-state index contributed by atoms with van der Waals surface area (Å²) in [5, 5.41) is 23.4. The number of nitriles is 1. The molecule has 10 heteroatoms. The first kappa shape index (κ1) is 17.4. The van der Waals surface area contributed by atoms with Crippen LogP contribution in [-0.4, -0.2) is 26.5 Å². The van der Waals surface area contributed by atoms with Crippen molar-refractivity contribution in [3.8, 4) is 12.1 Å². The van der Waals surface area contributed by atoms with E-state index in [4.69, 9.17) is 21.6 Å². The second kappa shape index (κ2) is 7.52. The van der Waals surface area contributed by atoms with Crippen molar-refractivity contribution in [1.29, 1.82) is 5.26 Å². The van der Waals surface area contributed by atoms with Crippen LogP contribution in [0.1, 0.15) is 23.9 Å². The Labute approximate surface area is 142 Å². The Morgan fingerprint density at radius 3 is 2.79 bits per heavy atom. The Morgan fingerprint density at radius 2 is 2.17 bits per heavy atom. The Bertz CT molecular complexity index is 821. The average Bonchev–Trinajstić information content (AvgIpc) is 2.53. The van der Waals surface area contributed by atoms with Crippen LogP contribution in [0.3, 0.4) is 0 Å². The molecule has 0 amide bonds. The van der Waals surface area contributed by atoms with E-state index in [2.05, 4.69) is 20.3 Å². The summed E-state index contributed by atoms with van der Waals surface area (Å²) in [6.45, 7) is 3.69. The standard InChI is InChI=1S/C14H13ClN6O3/c1-3-24-14-18-8(2)12(21(22)23)13(20-14)17-7-9-4-5-11(15)19-10(9)6-16/h4-5H,3,7H2,1-2H3,(H,17,18,20). The van der Waals surface area contributed by atoms with Gasteiger partial charge in [0.25, 0.3) is 0 Å². The van der Waals surface area contributed by atoms with E-state index in [1.807, 2.05) is 6.07 Å². The highest BCUT2D eigenvalue weighted by Crippen LogP contribution is 2.28. The van der Waals surface area contributed by atoms with E-state index in [9.17, 15) is 10.1 Å². The Hall–Kier alpha value is -2.99. The fourth-order valence-corrected chi connectivity index (χ4v) is 2.11. The van der Waals surface area contributed by atoms with Crippen molar-refractivity contribution in [3.05, 3.63) is 44.4 Å². The van der Waals surface area contributed by atoms with Gasteiger partial charge in [0, 0.05) is 12.1 Å². The van der Waals surface area contributed by atoms with Crippen LogP contribution in [-0.2, 0) is 6.54 Å². The number of aromatic nitrogens is 3. The minimum absolute atomic E-state index is 0.00906. The summed E-state index contributed by atoms with van der Waals surface area (Å²) in [7, 11) is 0. The Kier molecular flexibility index (Phi) is 5.44. The number of nitro groups is 1. The van der Waals surface area contributed by atoms with Gasteiger partial charge in [-0.1, -0.05) is 17.7 Å². The number of nitrogens with zero attached hydrogens (tertiary/aromatic N) is 5. The summed E-state index contributed by atoms with van der Waals surface area (Å²) in [6, 6.07) is 5.11. The maximum atomic E-state index is 11.3. The van der Waals surface area contributed by atoms with Crippen LogP contribution in [0.2, 0.25) is 5.15 Å². The zero-order chi connectivity index (χ0) is 17.7. The van der Waals surface area contributed by atoms with E-state index in [-0.39, 0.29) is 40.6 Å². The molecule has 0 bridgehead atoms. The van der Waals surface area contributed by atoms with Gasteiger partial charge in [0.05, 0.1) is 11.5 Å². The number of halogens is 1. The molecule has 0 unspecified atom stereocenters. The van der Waals surface area contributed by atoms with Gasteiger partial charge in [-0.3, -0.25) is 10.1 Å². The zero-order valence-corrected chi connectivity index (χ0v) is 13.7. The number of ether oxygens (including phenoxy) is 1. The summed E-state index contributed by atoms with van der Waals surface area (Å²) in [5.74, 6) is 0.00906. The van der Waals surface area contributed by atoms with Crippen molar-refractivity contribution in [2.24, 2.45) is 0 Å². The molecule has 0 aliphatic carbocycles. The van der Waals surface area contributed by atoms with Crippen LogP contribution in [0.15, 0.2) is 12.1 Å². The van der Waals surface area contributed by atoms with Gasteiger partial charge >= 0.3 is 11.7 Å². The van der Waals surface area contributed by atoms with Crippen LogP contribution in [0, 0.1) is 28.4 Å². The van der Waals surface area contributed by atoms with Gasteiger partial charge in [-0.15, -0.1) is 0 Å². The summed E-state index contributed by atoms with van der Waals surface area (Å²) < 4.78 is 5.21. The molecule has 0 saturated heterocycles. The Balaban J connectivity index is 2.35. The highest BCUT2D eigenvalue weighted by atomic mass is 35.5. The molecule has 2 rings (SSSR count). The van der Waals surface area contributed by atoms with E-state index in [0.29, 0.717) is 12.2 Å². The molecule has 0 aliphatic heterocycles. The first-order valence-electron chi connectivity index (χ1n) is 6.91. The average molecular weight is 349 g/mol. The minimum atomic E-state index is -0.571. The summed E-state index contributed by atoms with van der Waals surface area (Å²) >= 11 is 5.75. The second-order valence-electron chi connectivity index (χ2n) is 4.59. The molecule has 0 aliphatic rings. The third-order valence-electron chi connectivity index (χ3n) is 2.99.